The number of rotatable bonds is 6. The Balaban J connectivity index is 1.67. The Morgan fingerprint density at radius 2 is 1.58 bits per heavy atom. The summed E-state index contributed by atoms with van der Waals surface area (Å²) in [7, 11) is -3.70. The molecular formula is C23H20Cl3IN2O3S. The minimum atomic E-state index is -3.70. The van der Waals surface area contributed by atoms with Gasteiger partial charge in [0.25, 0.3) is 0 Å². The van der Waals surface area contributed by atoms with Crippen molar-refractivity contribution in [1.29, 1.82) is 0 Å². The number of hydrogen-bond acceptors (Lipinski definition) is 4. The number of nitrogens with zero attached hydrogens (tertiary/aromatic N) is 2. The van der Waals surface area contributed by atoms with E-state index in [4.69, 9.17) is 39.5 Å². The van der Waals surface area contributed by atoms with Crippen LogP contribution in [0.25, 0.3) is 0 Å². The maximum atomic E-state index is 13.4. The summed E-state index contributed by atoms with van der Waals surface area (Å²) in [6.45, 7) is 1.04. The predicted molar refractivity (Wildman–Crippen MR) is 143 cm³/mol. The minimum absolute atomic E-state index is 0.233. The summed E-state index contributed by atoms with van der Waals surface area (Å²) in [5, 5.41) is 1.68. The molecule has 3 aromatic carbocycles. The molecule has 0 amide bonds. The lowest BCUT2D eigenvalue weighted by atomic mass is 10.0. The van der Waals surface area contributed by atoms with Gasteiger partial charge in [0.2, 0.25) is 10.0 Å². The fourth-order valence-electron chi connectivity index (χ4n) is 3.87. The summed E-state index contributed by atoms with van der Waals surface area (Å²) in [6, 6.07) is 19.0. The van der Waals surface area contributed by atoms with Crippen LogP contribution in [0.5, 0.6) is 5.75 Å². The number of anilines is 1. The fourth-order valence-corrected chi connectivity index (χ4v) is 6.31. The van der Waals surface area contributed by atoms with Gasteiger partial charge in [0, 0.05) is 29.7 Å². The molecule has 1 aliphatic heterocycles. The van der Waals surface area contributed by atoms with E-state index in [1.807, 2.05) is 18.2 Å². The Labute approximate surface area is 222 Å². The normalized spacial score (nSPS) is 17.2. The van der Waals surface area contributed by atoms with Gasteiger partial charge in [-0.3, -0.25) is 0 Å². The van der Waals surface area contributed by atoms with Gasteiger partial charge in [0.15, 0.2) is 0 Å². The molecule has 0 N–H and O–H groups in total. The van der Waals surface area contributed by atoms with Crippen molar-refractivity contribution in [3.05, 3.63) is 87.4 Å². The number of ether oxygens (including phenoxy) is 1. The van der Waals surface area contributed by atoms with Crippen LogP contribution in [0.1, 0.15) is 11.6 Å². The zero-order valence-electron chi connectivity index (χ0n) is 17.3. The number of hydrogen-bond donors (Lipinski definition) is 0. The molecule has 4 rings (SSSR count). The highest BCUT2D eigenvalue weighted by Gasteiger charge is 2.36. The summed E-state index contributed by atoms with van der Waals surface area (Å²) in [6.07, 6.45) is 0. The molecule has 5 nitrogen and oxygen atoms in total. The second kappa shape index (κ2) is 10.6. The van der Waals surface area contributed by atoms with E-state index in [2.05, 4.69) is 27.5 Å². The Bertz CT molecular complexity index is 1220. The van der Waals surface area contributed by atoms with E-state index in [0.29, 0.717) is 38.5 Å². The van der Waals surface area contributed by atoms with Crippen LogP contribution in [0.4, 0.5) is 5.69 Å². The van der Waals surface area contributed by atoms with Crippen LogP contribution < -0.4 is 9.64 Å². The number of alkyl halides is 1. The highest BCUT2D eigenvalue weighted by Crippen LogP contribution is 2.38. The van der Waals surface area contributed by atoms with Crippen molar-refractivity contribution in [3.8, 4) is 5.75 Å². The first kappa shape index (κ1) is 24.9. The average Bonchev–Trinajstić information content (AvgIpc) is 2.80. The molecule has 174 valence electrons. The van der Waals surface area contributed by atoms with Crippen molar-refractivity contribution >= 4 is 73.1 Å². The summed E-state index contributed by atoms with van der Waals surface area (Å²) in [5.41, 5.74) is 1.74. The van der Waals surface area contributed by atoms with Crippen LogP contribution in [0.15, 0.2) is 71.6 Å². The van der Waals surface area contributed by atoms with Crippen LogP contribution in [-0.2, 0) is 10.0 Å². The molecule has 0 saturated carbocycles. The smallest absolute Gasteiger partial charge is 0.243 e. The van der Waals surface area contributed by atoms with Crippen molar-refractivity contribution in [2.75, 3.05) is 29.1 Å². The van der Waals surface area contributed by atoms with Gasteiger partial charge in [-0.15, -0.1) is 0 Å². The van der Waals surface area contributed by atoms with Gasteiger partial charge >= 0.3 is 0 Å². The molecule has 0 radical (unpaired) electrons. The highest BCUT2D eigenvalue weighted by atomic mass is 127. The second-order valence-corrected chi connectivity index (χ2v) is 11.3. The Kier molecular flexibility index (Phi) is 7.98. The lowest BCUT2D eigenvalue weighted by molar-refractivity contribution is 0.335. The largest absolute Gasteiger partial charge is 0.483 e. The SMILES string of the molecule is O=S(=O)(c1ccc(OCI)cc1)N1CCN(c2ccc(Cl)cc2Cl)C(c2ccc(Cl)cc2)C1. The van der Waals surface area contributed by atoms with Crippen molar-refractivity contribution in [2.24, 2.45) is 0 Å². The topological polar surface area (TPSA) is 49.9 Å². The average molecular weight is 638 g/mol. The zero-order chi connectivity index (χ0) is 23.6. The van der Waals surface area contributed by atoms with Crippen LogP contribution in [0, 0.1) is 0 Å². The van der Waals surface area contributed by atoms with Gasteiger partial charge in [-0.1, -0.05) is 46.9 Å². The molecular weight excluding hydrogens is 618 g/mol. The molecule has 1 saturated heterocycles. The molecule has 1 aliphatic rings. The van der Waals surface area contributed by atoms with Gasteiger partial charge < -0.3 is 9.64 Å². The Morgan fingerprint density at radius 3 is 2.21 bits per heavy atom. The molecule has 0 aromatic heterocycles. The number of benzene rings is 3. The molecule has 1 atom stereocenters. The first-order valence-electron chi connectivity index (χ1n) is 10.1. The zero-order valence-corrected chi connectivity index (χ0v) is 22.5. The number of halogens is 4. The fraction of sp³-hybridized carbons (Fsp3) is 0.217. The van der Waals surface area contributed by atoms with Gasteiger partial charge in [-0.2, -0.15) is 4.31 Å². The molecule has 0 spiro atoms. The highest BCUT2D eigenvalue weighted by molar-refractivity contribution is 14.1. The monoisotopic (exact) mass is 636 g/mol. The first-order valence-corrected chi connectivity index (χ1v) is 14.2. The van der Waals surface area contributed by atoms with E-state index in [1.165, 1.54) is 4.31 Å². The summed E-state index contributed by atoms with van der Waals surface area (Å²) in [5.74, 6) is 0.629. The van der Waals surface area contributed by atoms with Crippen molar-refractivity contribution in [3.63, 3.8) is 0 Å². The summed E-state index contributed by atoms with van der Waals surface area (Å²) >= 11 is 20.8. The Hall–Kier alpha value is -1.23. The van der Waals surface area contributed by atoms with E-state index in [9.17, 15) is 8.42 Å². The third kappa shape index (κ3) is 5.55. The summed E-state index contributed by atoms with van der Waals surface area (Å²) < 4.78 is 34.3. The van der Waals surface area contributed by atoms with E-state index in [-0.39, 0.29) is 17.5 Å². The molecule has 0 aliphatic carbocycles. The third-order valence-electron chi connectivity index (χ3n) is 5.50. The molecule has 10 heteroatoms. The van der Waals surface area contributed by atoms with Gasteiger partial charge in [0.05, 0.1) is 21.6 Å². The van der Waals surface area contributed by atoms with E-state index in [0.717, 1.165) is 11.3 Å². The first-order chi connectivity index (χ1) is 15.8. The third-order valence-corrected chi connectivity index (χ3v) is 8.48. The lowest BCUT2D eigenvalue weighted by Gasteiger charge is -2.42. The lowest BCUT2D eigenvalue weighted by Crippen LogP contribution is -2.50. The maximum Gasteiger partial charge on any atom is 0.243 e. The standard InChI is InChI=1S/C23H20Cl3IN2O3S/c24-17-3-1-16(2-4-17)23-14-28(11-12-29(23)22-10-5-18(25)13-21(22)26)33(30,31)20-8-6-19(7-9-20)32-15-27/h1-10,13,23H,11-12,14-15H2. The van der Waals surface area contributed by atoms with Crippen LogP contribution >= 0.6 is 57.4 Å². The Morgan fingerprint density at radius 1 is 0.909 bits per heavy atom. The van der Waals surface area contributed by atoms with E-state index < -0.39 is 10.0 Å². The quantitative estimate of drug-likeness (QED) is 0.224. The number of sulfonamides is 1. The van der Waals surface area contributed by atoms with E-state index >= 15 is 0 Å². The molecule has 3 aromatic rings. The molecule has 1 unspecified atom stereocenters. The van der Waals surface area contributed by atoms with Crippen LogP contribution in [0.2, 0.25) is 15.1 Å². The van der Waals surface area contributed by atoms with Crippen molar-refractivity contribution < 1.29 is 13.2 Å². The van der Waals surface area contributed by atoms with Gasteiger partial charge in [0.1, 0.15) is 10.4 Å². The van der Waals surface area contributed by atoms with Crippen molar-refractivity contribution in [1.82, 2.24) is 4.31 Å². The molecule has 1 fully saturated rings. The molecule has 1 heterocycles. The molecule has 0 bridgehead atoms. The summed E-state index contributed by atoms with van der Waals surface area (Å²) in [4.78, 5) is 2.35. The van der Waals surface area contributed by atoms with Crippen LogP contribution in [-0.4, -0.2) is 37.0 Å². The maximum absolute atomic E-state index is 13.4. The predicted octanol–water partition coefficient (Wildman–Crippen LogP) is 6.67. The minimum Gasteiger partial charge on any atom is -0.483 e. The van der Waals surface area contributed by atoms with E-state index in [1.54, 1.807) is 48.5 Å². The second-order valence-electron chi connectivity index (χ2n) is 7.44. The number of piperazine rings is 1. The van der Waals surface area contributed by atoms with Gasteiger partial charge in [-0.25, -0.2) is 8.42 Å². The van der Waals surface area contributed by atoms with Crippen molar-refractivity contribution in [2.45, 2.75) is 10.9 Å². The van der Waals surface area contributed by atoms with Gasteiger partial charge in [-0.05, 0) is 82.8 Å². The molecule has 33 heavy (non-hydrogen) atoms. The van der Waals surface area contributed by atoms with Crippen LogP contribution in [0.3, 0.4) is 0 Å².